The number of nitrogens with zero attached hydrogens (tertiary/aromatic N) is 3. The summed E-state index contributed by atoms with van der Waals surface area (Å²) in [7, 11) is 0. The number of hydrogen-bond acceptors (Lipinski definition) is 5. The second kappa shape index (κ2) is 7.15. The number of nitrogens with one attached hydrogen (secondary N) is 1. The van der Waals surface area contributed by atoms with Crippen LogP contribution < -0.4 is 5.32 Å². The molecule has 136 valence electrons. The lowest BCUT2D eigenvalue weighted by atomic mass is 9.83. The summed E-state index contributed by atoms with van der Waals surface area (Å²) in [6.07, 6.45) is 6.49. The van der Waals surface area contributed by atoms with Gasteiger partial charge in [0.05, 0.1) is 12.2 Å². The van der Waals surface area contributed by atoms with E-state index in [0.29, 0.717) is 6.61 Å². The van der Waals surface area contributed by atoms with Crippen LogP contribution in [0.3, 0.4) is 0 Å². The lowest BCUT2D eigenvalue weighted by molar-refractivity contribution is -0.120. The van der Waals surface area contributed by atoms with E-state index in [0.717, 1.165) is 42.5 Å². The van der Waals surface area contributed by atoms with Gasteiger partial charge in [0.15, 0.2) is 5.16 Å². The minimum atomic E-state index is -0.463. The third-order valence-corrected chi connectivity index (χ3v) is 6.44. The van der Waals surface area contributed by atoms with Crippen LogP contribution in [0.2, 0.25) is 0 Å². The first-order valence-electron chi connectivity index (χ1n) is 8.99. The first-order valence-corrected chi connectivity index (χ1v) is 9.80. The highest BCUT2D eigenvalue weighted by atomic mass is 32.2. The molecule has 1 N–H and O–H groups in total. The molecule has 7 heteroatoms. The predicted octanol–water partition coefficient (Wildman–Crippen LogP) is 3.58. The molecule has 2 aromatic rings. The molecule has 1 aromatic heterocycles. The molecule has 1 aliphatic carbocycles. The lowest BCUT2D eigenvalue weighted by Gasteiger charge is -2.38. The van der Waals surface area contributed by atoms with Crippen molar-refractivity contribution in [2.75, 3.05) is 11.9 Å². The molecule has 0 spiro atoms. The maximum Gasteiger partial charge on any atom is 0.241 e. The summed E-state index contributed by atoms with van der Waals surface area (Å²) in [5.74, 6) is 1.09. The highest BCUT2D eigenvalue weighted by molar-refractivity contribution is 8.01. The summed E-state index contributed by atoms with van der Waals surface area (Å²) < 4.78 is 6.96. The quantitative estimate of drug-likeness (QED) is 0.842. The van der Waals surface area contributed by atoms with Crippen molar-refractivity contribution in [3.05, 3.63) is 48.5 Å². The van der Waals surface area contributed by atoms with Crippen molar-refractivity contribution in [3.63, 3.8) is 0 Å². The maximum absolute atomic E-state index is 13.0. The molecule has 1 aliphatic heterocycles. The molecule has 1 aromatic carbocycles. The number of anilines is 1. The Hall–Kier alpha value is -2.28. The van der Waals surface area contributed by atoms with E-state index in [1.165, 1.54) is 0 Å². The Balaban J connectivity index is 1.54. The molecule has 2 heterocycles. The second-order valence-corrected chi connectivity index (χ2v) is 7.97. The fourth-order valence-corrected chi connectivity index (χ4v) is 4.69. The first kappa shape index (κ1) is 17.1. The number of rotatable bonds is 6. The molecule has 6 nitrogen and oxygen atoms in total. The molecule has 0 saturated heterocycles. The van der Waals surface area contributed by atoms with Crippen LogP contribution in [-0.2, 0) is 16.1 Å². The summed E-state index contributed by atoms with van der Waals surface area (Å²) in [5.41, 5.74) is 0.829. The van der Waals surface area contributed by atoms with Gasteiger partial charge in [-0.1, -0.05) is 30.0 Å². The average Bonchev–Trinajstić information content (AvgIpc) is 3.27. The zero-order valence-corrected chi connectivity index (χ0v) is 15.5. The normalized spacial score (nSPS) is 20.4. The van der Waals surface area contributed by atoms with Crippen molar-refractivity contribution in [2.24, 2.45) is 0 Å². The summed E-state index contributed by atoms with van der Waals surface area (Å²) in [4.78, 5) is 13.0. The third kappa shape index (κ3) is 3.11. The second-order valence-electron chi connectivity index (χ2n) is 6.62. The Labute approximate surface area is 157 Å². The van der Waals surface area contributed by atoms with E-state index in [9.17, 15) is 4.79 Å². The number of amides is 1. The van der Waals surface area contributed by atoms with Crippen molar-refractivity contribution in [2.45, 2.75) is 48.6 Å². The van der Waals surface area contributed by atoms with Gasteiger partial charge in [-0.15, -0.1) is 10.2 Å². The van der Waals surface area contributed by atoms with Gasteiger partial charge < -0.3 is 14.6 Å². The number of carbonyl (C=O) groups is 1. The summed E-state index contributed by atoms with van der Waals surface area (Å²) in [6.45, 7) is 3.45. The van der Waals surface area contributed by atoms with E-state index in [-0.39, 0.29) is 11.8 Å². The Bertz CT molecular complexity index is 814. The molecule has 0 bridgehead atoms. The minimum absolute atomic E-state index is 0.0521. The van der Waals surface area contributed by atoms with Crippen molar-refractivity contribution >= 4 is 23.4 Å². The van der Waals surface area contributed by atoms with Gasteiger partial charge >= 0.3 is 0 Å². The molecule has 0 radical (unpaired) electrons. The third-order valence-electron chi connectivity index (χ3n) is 4.97. The van der Waals surface area contributed by atoms with Crippen LogP contribution in [0, 0.1) is 0 Å². The van der Waals surface area contributed by atoms with E-state index in [1.54, 1.807) is 18.0 Å². The van der Waals surface area contributed by atoms with Crippen LogP contribution >= 0.6 is 11.8 Å². The van der Waals surface area contributed by atoms with E-state index >= 15 is 0 Å². The van der Waals surface area contributed by atoms with Crippen LogP contribution in [0.1, 0.15) is 37.9 Å². The van der Waals surface area contributed by atoms with E-state index in [1.807, 2.05) is 36.4 Å². The summed E-state index contributed by atoms with van der Waals surface area (Å²) in [6, 6.07) is 9.61. The van der Waals surface area contributed by atoms with Gasteiger partial charge in [-0.25, -0.2) is 0 Å². The molecule has 1 unspecified atom stereocenters. The van der Waals surface area contributed by atoms with Gasteiger partial charge in [0.2, 0.25) is 5.91 Å². The largest absolute Gasteiger partial charge is 0.500 e. The van der Waals surface area contributed by atoms with Gasteiger partial charge in [0, 0.05) is 12.2 Å². The fraction of sp³-hybridized carbons (Fsp3) is 0.421. The molecule has 4 rings (SSSR count). The lowest BCUT2D eigenvalue weighted by Crippen LogP contribution is -2.46. The van der Waals surface area contributed by atoms with Gasteiger partial charge in [0.1, 0.15) is 17.2 Å². The van der Waals surface area contributed by atoms with Gasteiger partial charge in [-0.3, -0.25) is 4.79 Å². The van der Waals surface area contributed by atoms with Crippen molar-refractivity contribution in [1.29, 1.82) is 0 Å². The van der Waals surface area contributed by atoms with Gasteiger partial charge in [-0.05, 0) is 44.4 Å². The average molecular weight is 370 g/mol. The number of para-hydroxylation sites is 1. The predicted molar refractivity (Wildman–Crippen MR) is 101 cm³/mol. The van der Waals surface area contributed by atoms with E-state index in [2.05, 4.69) is 27.0 Å². The zero-order valence-electron chi connectivity index (χ0n) is 14.7. The van der Waals surface area contributed by atoms with E-state index < -0.39 is 4.75 Å². The Kier molecular flexibility index (Phi) is 4.72. The summed E-state index contributed by atoms with van der Waals surface area (Å²) >= 11 is 1.55. The molecule has 2 aliphatic rings. The number of carbonyl (C=O) groups excluding carboxylic acids is 1. The number of aromatic nitrogens is 3. The molecule has 1 atom stereocenters. The van der Waals surface area contributed by atoms with Crippen molar-refractivity contribution in [3.8, 4) is 0 Å². The Morgan fingerprint density at radius 1 is 1.35 bits per heavy atom. The molecule has 1 amide bonds. The Morgan fingerprint density at radius 3 is 2.77 bits per heavy atom. The summed E-state index contributed by atoms with van der Waals surface area (Å²) in [5, 5.41) is 12.6. The van der Waals surface area contributed by atoms with Crippen molar-refractivity contribution < 1.29 is 9.53 Å². The highest BCUT2D eigenvalue weighted by Gasteiger charge is 2.46. The van der Waals surface area contributed by atoms with Gasteiger partial charge in [-0.2, -0.15) is 0 Å². The van der Waals surface area contributed by atoms with Crippen LogP contribution in [-0.4, -0.2) is 32.0 Å². The molecular formula is C19H22N4O2S. The van der Waals surface area contributed by atoms with E-state index in [4.69, 9.17) is 4.74 Å². The topological polar surface area (TPSA) is 69.0 Å². The molecular weight excluding hydrogens is 348 g/mol. The maximum atomic E-state index is 13.0. The minimum Gasteiger partial charge on any atom is -0.500 e. The van der Waals surface area contributed by atoms with Crippen LogP contribution in [0.5, 0.6) is 0 Å². The first-order chi connectivity index (χ1) is 12.7. The monoisotopic (exact) mass is 370 g/mol. The van der Waals surface area contributed by atoms with Crippen LogP contribution in [0.15, 0.2) is 47.8 Å². The Morgan fingerprint density at radius 2 is 2.15 bits per heavy atom. The smallest absolute Gasteiger partial charge is 0.241 e. The number of ether oxygens (including phenoxy) is 1. The molecule has 26 heavy (non-hydrogen) atoms. The number of benzene rings is 1. The van der Waals surface area contributed by atoms with Crippen molar-refractivity contribution in [1.82, 2.24) is 14.8 Å². The fourth-order valence-electron chi connectivity index (χ4n) is 3.29. The standard InChI is InChI=1S/C19H22N4O2S/c1-2-23-16(14-9-12-25-13-14)21-22-18(23)26-19(10-6-11-19)17(24)20-15-7-4-3-5-8-15/h3-5,7-9,12,14H,2,6,10-11,13H2,1H3,(H,20,24). The zero-order chi connectivity index (χ0) is 18.0. The number of hydrogen-bond donors (Lipinski definition) is 1. The highest BCUT2D eigenvalue weighted by Crippen LogP contribution is 2.48. The van der Waals surface area contributed by atoms with Gasteiger partial charge in [0.25, 0.3) is 0 Å². The van der Waals surface area contributed by atoms with Crippen LogP contribution in [0.4, 0.5) is 5.69 Å². The van der Waals surface area contributed by atoms with Crippen LogP contribution in [0.25, 0.3) is 0 Å². The molecule has 1 saturated carbocycles. The molecule has 1 fully saturated rings. The SMILES string of the molecule is CCn1c(SC2(C(=O)Nc3ccccc3)CCC2)nnc1C1C=COC1. The number of thioether (sulfide) groups is 1.